The fourth-order valence-electron chi connectivity index (χ4n) is 1.81. The minimum absolute atomic E-state index is 0.163. The topological polar surface area (TPSA) is 20.3 Å². The zero-order valence-electron chi connectivity index (χ0n) is 11.2. The molecule has 0 saturated carbocycles. The Balaban J connectivity index is 2.71. The predicted octanol–water partition coefficient (Wildman–Crippen LogP) is 3.51. The summed E-state index contributed by atoms with van der Waals surface area (Å²) in [4.78, 5) is 13.6. The quantitative estimate of drug-likeness (QED) is 0.700. The van der Waals surface area contributed by atoms with Crippen LogP contribution in [0, 0.1) is 0 Å². The Kier molecular flexibility index (Phi) is 5.92. The predicted molar refractivity (Wildman–Crippen MR) is 77.2 cm³/mol. The molecule has 0 bridgehead atoms. The van der Waals surface area contributed by atoms with Crippen LogP contribution in [-0.4, -0.2) is 23.9 Å². The van der Waals surface area contributed by atoms with Crippen LogP contribution < -0.4 is 0 Å². The molecule has 0 radical (unpaired) electrons. The van der Waals surface area contributed by atoms with E-state index in [2.05, 4.69) is 24.8 Å². The Bertz CT molecular complexity index is 420. The van der Waals surface area contributed by atoms with Gasteiger partial charge in [0, 0.05) is 19.5 Å². The molecule has 0 saturated heterocycles. The van der Waals surface area contributed by atoms with Crippen molar-refractivity contribution in [2.75, 3.05) is 13.1 Å². The Morgan fingerprint density at radius 3 is 2.56 bits per heavy atom. The van der Waals surface area contributed by atoms with Gasteiger partial charge in [-0.2, -0.15) is 0 Å². The number of benzene rings is 1. The van der Waals surface area contributed by atoms with Crippen LogP contribution in [0.4, 0.5) is 0 Å². The van der Waals surface area contributed by atoms with Gasteiger partial charge < -0.3 is 4.90 Å². The normalized spacial score (nSPS) is 11.1. The summed E-state index contributed by atoms with van der Waals surface area (Å²) >= 11 is 0. The summed E-state index contributed by atoms with van der Waals surface area (Å²) in [6, 6.07) is 10.1. The molecule has 18 heavy (non-hydrogen) atoms. The lowest BCUT2D eigenvalue weighted by molar-refractivity contribution is -0.129. The number of carbonyl (C=O) groups is 1. The van der Waals surface area contributed by atoms with Crippen LogP contribution in [0.2, 0.25) is 0 Å². The zero-order valence-corrected chi connectivity index (χ0v) is 11.2. The van der Waals surface area contributed by atoms with Gasteiger partial charge in [-0.05, 0) is 12.5 Å². The number of nitrogens with zero attached hydrogens (tertiary/aromatic N) is 1. The second kappa shape index (κ2) is 7.49. The molecule has 1 amide bonds. The molecule has 0 heterocycles. The van der Waals surface area contributed by atoms with E-state index < -0.39 is 0 Å². The van der Waals surface area contributed by atoms with Crippen molar-refractivity contribution in [3.05, 3.63) is 54.1 Å². The van der Waals surface area contributed by atoms with Crippen molar-refractivity contribution in [2.45, 2.75) is 20.3 Å². The third kappa shape index (κ3) is 4.58. The van der Waals surface area contributed by atoms with Gasteiger partial charge in [0.25, 0.3) is 0 Å². The van der Waals surface area contributed by atoms with Crippen LogP contribution in [0.5, 0.6) is 0 Å². The lowest BCUT2D eigenvalue weighted by Gasteiger charge is -2.20. The van der Waals surface area contributed by atoms with Crippen LogP contribution in [0.25, 0.3) is 6.08 Å². The molecular formula is C16H21NO. The molecule has 0 aromatic heterocycles. The molecule has 0 spiro atoms. The first-order valence-electron chi connectivity index (χ1n) is 6.28. The van der Waals surface area contributed by atoms with Crippen molar-refractivity contribution in [3.63, 3.8) is 0 Å². The molecule has 0 aliphatic heterocycles. The van der Waals surface area contributed by atoms with Gasteiger partial charge in [-0.15, -0.1) is 6.58 Å². The van der Waals surface area contributed by atoms with Gasteiger partial charge in [-0.25, -0.2) is 0 Å². The molecule has 0 unspecified atom stereocenters. The van der Waals surface area contributed by atoms with Crippen molar-refractivity contribution < 1.29 is 4.79 Å². The van der Waals surface area contributed by atoms with E-state index >= 15 is 0 Å². The highest BCUT2D eigenvalue weighted by Crippen LogP contribution is 2.08. The van der Waals surface area contributed by atoms with Crippen LogP contribution in [0.15, 0.2) is 48.6 Å². The number of hydrogen-bond acceptors (Lipinski definition) is 1. The molecule has 1 rings (SSSR count). The Morgan fingerprint density at radius 2 is 2.00 bits per heavy atom. The van der Waals surface area contributed by atoms with Gasteiger partial charge in [0.1, 0.15) is 0 Å². The van der Waals surface area contributed by atoms with Gasteiger partial charge in [0.05, 0.1) is 0 Å². The third-order valence-corrected chi connectivity index (χ3v) is 2.66. The summed E-state index contributed by atoms with van der Waals surface area (Å²) in [6.45, 7) is 8.89. The van der Waals surface area contributed by atoms with Crippen LogP contribution in [-0.2, 0) is 4.79 Å². The smallest absolute Gasteiger partial charge is 0.222 e. The molecule has 0 aliphatic carbocycles. The highest BCUT2D eigenvalue weighted by Gasteiger charge is 2.09. The summed E-state index contributed by atoms with van der Waals surface area (Å²) in [5, 5.41) is 0. The van der Waals surface area contributed by atoms with E-state index in [-0.39, 0.29) is 5.91 Å². The molecule has 0 N–H and O–H groups in total. The number of carbonyl (C=O) groups excluding carboxylic acids is 1. The maximum Gasteiger partial charge on any atom is 0.222 e. The monoisotopic (exact) mass is 243 g/mol. The van der Waals surface area contributed by atoms with Crippen molar-refractivity contribution in [3.8, 4) is 0 Å². The lowest BCUT2D eigenvalue weighted by atomic mass is 10.1. The van der Waals surface area contributed by atoms with Crippen LogP contribution >= 0.6 is 0 Å². The van der Waals surface area contributed by atoms with E-state index in [4.69, 9.17) is 0 Å². The van der Waals surface area contributed by atoms with Crippen LogP contribution in [0.1, 0.15) is 25.8 Å². The highest BCUT2D eigenvalue weighted by molar-refractivity contribution is 5.76. The molecular weight excluding hydrogens is 222 g/mol. The standard InChI is InChI=1S/C16H21NO/c1-4-11-17(16(18)5-2)13-14(3)12-15-9-7-6-8-10-15/h4,6-10,12H,1,5,11,13H2,2-3H3/b14-12+. The SMILES string of the molecule is C=CCN(C/C(C)=C/c1ccccc1)C(=O)CC. The van der Waals surface area contributed by atoms with Gasteiger partial charge in [-0.3, -0.25) is 4.79 Å². The number of rotatable bonds is 6. The summed E-state index contributed by atoms with van der Waals surface area (Å²) in [6.07, 6.45) is 4.41. The molecule has 0 fully saturated rings. The van der Waals surface area contributed by atoms with E-state index in [9.17, 15) is 4.79 Å². The first-order chi connectivity index (χ1) is 8.67. The minimum atomic E-state index is 0.163. The van der Waals surface area contributed by atoms with Crippen molar-refractivity contribution in [2.24, 2.45) is 0 Å². The first kappa shape index (κ1) is 14.2. The molecule has 2 nitrogen and oxygen atoms in total. The van der Waals surface area contributed by atoms with E-state index in [1.54, 1.807) is 6.08 Å². The molecule has 1 aromatic rings. The Morgan fingerprint density at radius 1 is 1.33 bits per heavy atom. The zero-order chi connectivity index (χ0) is 13.4. The average Bonchev–Trinajstić information content (AvgIpc) is 2.38. The van der Waals surface area contributed by atoms with Crippen LogP contribution in [0.3, 0.4) is 0 Å². The van der Waals surface area contributed by atoms with Gasteiger partial charge >= 0.3 is 0 Å². The number of hydrogen-bond donors (Lipinski definition) is 0. The number of amides is 1. The second-order valence-corrected chi connectivity index (χ2v) is 4.32. The minimum Gasteiger partial charge on any atom is -0.335 e. The maximum atomic E-state index is 11.7. The fourth-order valence-corrected chi connectivity index (χ4v) is 1.81. The molecule has 1 aromatic carbocycles. The van der Waals surface area contributed by atoms with E-state index in [1.807, 2.05) is 36.9 Å². The first-order valence-corrected chi connectivity index (χ1v) is 6.28. The summed E-state index contributed by atoms with van der Waals surface area (Å²) < 4.78 is 0. The van der Waals surface area contributed by atoms with Gasteiger partial charge in [0.15, 0.2) is 0 Å². The summed E-state index contributed by atoms with van der Waals surface area (Å²) in [5.41, 5.74) is 2.34. The highest BCUT2D eigenvalue weighted by atomic mass is 16.2. The van der Waals surface area contributed by atoms with Crippen molar-refractivity contribution >= 4 is 12.0 Å². The van der Waals surface area contributed by atoms with E-state index in [0.717, 1.165) is 5.56 Å². The molecule has 0 atom stereocenters. The van der Waals surface area contributed by atoms with Crippen molar-refractivity contribution in [1.29, 1.82) is 0 Å². The van der Waals surface area contributed by atoms with Gasteiger partial charge in [0.2, 0.25) is 5.91 Å². The second-order valence-electron chi connectivity index (χ2n) is 4.32. The fraction of sp³-hybridized carbons (Fsp3) is 0.312. The average molecular weight is 243 g/mol. The Labute approximate surface area is 110 Å². The maximum absolute atomic E-state index is 11.7. The molecule has 2 heteroatoms. The largest absolute Gasteiger partial charge is 0.335 e. The van der Waals surface area contributed by atoms with E-state index in [0.29, 0.717) is 19.5 Å². The van der Waals surface area contributed by atoms with E-state index in [1.165, 1.54) is 5.57 Å². The summed E-state index contributed by atoms with van der Waals surface area (Å²) in [5.74, 6) is 0.163. The van der Waals surface area contributed by atoms with Gasteiger partial charge in [-0.1, -0.05) is 55.0 Å². The van der Waals surface area contributed by atoms with Crippen molar-refractivity contribution in [1.82, 2.24) is 4.90 Å². The lowest BCUT2D eigenvalue weighted by Crippen LogP contribution is -2.31. The Hall–Kier alpha value is -1.83. The molecule has 96 valence electrons. The third-order valence-electron chi connectivity index (χ3n) is 2.66. The molecule has 0 aliphatic rings. The summed E-state index contributed by atoms with van der Waals surface area (Å²) in [7, 11) is 0.